The third kappa shape index (κ3) is 11.2. The molecule has 1 aliphatic heterocycles. The maximum Gasteiger partial charge on any atom is 0.277 e. The summed E-state index contributed by atoms with van der Waals surface area (Å²) in [5.41, 5.74) is 0.870. The van der Waals surface area contributed by atoms with Gasteiger partial charge in [-0.1, -0.05) is 32.1 Å². The number of unbranched alkanes of at least 4 members (excludes halogenated alkanes) is 2. The molecule has 45 heavy (non-hydrogen) atoms. The van der Waals surface area contributed by atoms with Gasteiger partial charge in [0.1, 0.15) is 34.2 Å². The van der Waals surface area contributed by atoms with Crippen molar-refractivity contribution >= 4 is 23.8 Å². The average Bonchev–Trinajstić information content (AvgIpc) is 2.97. The molecule has 0 saturated heterocycles. The SMILES string of the molecule is CCCN(CCC)C(=O)C[N+](C)(C)CCCCCOc1ccc(/C=C/C(=O)c2c(OC)cc3c(c2O)C=CC(C)(C)O3)cc1.[Br-]. The van der Waals surface area contributed by atoms with Gasteiger partial charge in [0.05, 0.1) is 39.9 Å². The zero-order chi connectivity index (χ0) is 32.3. The average molecular weight is 688 g/mol. The number of likely N-dealkylation sites (N-methyl/N-ethyl adjacent to an activating group) is 1. The van der Waals surface area contributed by atoms with Crippen molar-refractivity contribution in [2.75, 3.05) is 54.0 Å². The van der Waals surface area contributed by atoms with Crippen molar-refractivity contribution < 1.29 is 50.4 Å². The second-order valence-corrected chi connectivity index (χ2v) is 12.6. The molecule has 0 aromatic heterocycles. The Morgan fingerprint density at radius 1 is 1.04 bits per heavy atom. The summed E-state index contributed by atoms with van der Waals surface area (Å²) < 4.78 is 18.0. The van der Waals surface area contributed by atoms with Gasteiger partial charge in [0.15, 0.2) is 12.3 Å². The second-order valence-electron chi connectivity index (χ2n) is 12.6. The van der Waals surface area contributed by atoms with Crippen LogP contribution in [0.3, 0.4) is 0 Å². The van der Waals surface area contributed by atoms with Crippen LogP contribution in [0.4, 0.5) is 0 Å². The molecule has 3 rings (SSSR count). The molecule has 0 unspecified atom stereocenters. The first-order valence-corrected chi connectivity index (χ1v) is 15.8. The van der Waals surface area contributed by atoms with Crippen molar-refractivity contribution in [3.63, 3.8) is 0 Å². The Labute approximate surface area is 280 Å². The molecular formula is C36H51BrN2O6. The quantitative estimate of drug-likeness (QED) is 0.118. The summed E-state index contributed by atoms with van der Waals surface area (Å²) >= 11 is 0. The van der Waals surface area contributed by atoms with Crippen LogP contribution in [0.15, 0.2) is 42.5 Å². The topological polar surface area (TPSA) is 85.3 Å². The van der Waals surface area contributed by atoms with Gasteiger partial charge in [-0.25, -0.2) is 0 Å². The highest BCUT2D eigenvalue weighted by Crippen LogP contribution is 2.43. The van der Waals surface area contributed by atoms with Gasteiger partial charge in [0, 0.05) is 19.2 Å². The van der Waals surface area contributed by atoms with Gasteiger partial charge in [-0.3, -0.25) is 9.59 Å². The molecule has 0 spiro atoms. The number of quaternary nitrogens is 1. The van der Waals surface area contributed by atoms with Crippen molar-refractivity contribution in [2.24, 2.45) is 0 Å². The molecule has 1 aliphatic rings. The summed E-state index contributed by atoms with van der Waals surface area (Å²) in [5.74, 6) is 1.22. The molecule has 2 aromatic carbocycles. The van der Waals surface area contributed by atoms with E-state index in [0.29, 0.717) is 28.9 Å². The van der Waals surface area contributed by atoms with Crippen LogP contribution < -0.4 is 31.2 Å². The van der Waals surface area contributed by atoms with Crippen LogP contribution in [0, 0.1) is 0 Å². The molecule has 1 N–H and O–H groups in total. The van der Waals surface area contributed by atoms with Crippen LogP contribution in [-0.4, -0.2) is 85.8 Å². The molecule has 2 aromatic rings. The number of halogens is 1. The summed E-state index contributed by atoms with van der Waals surface area (Å²) in [7, 11) is 5.73. The van der Waals surface area contributed by atoms with Gasteiger partial charge in [0.25, 0.3) is 5.91 Å². The summed E-state index contributed by atoms with van der Waals surface area (Å²) in [6.07, 6.45) is 11.7. The summed E-state index contributed by atoms with van der Waals surface area (Å²) in [4.78, 5) is 27.8. The van der Waals surface area contributed by atoms with E-state index in [9.17, 15) is 14.7 Å². The highest BCUT2D eigenvalue weighted by molar-refractivity contribution is 6.11. The molecule has 0 fully saturated rings. The van der Waals surface area contributed by atoms with Crippen molar-refractivity contribution in [1.82, 2.24) is 4.90 Å². The van der Waals surface area contributed by atoms with Crippen molar-refractivity contribution in [2.45, 2.75) is 65.4 Å². The number of aromatic hydroxyl groups is 1. The Morgan fingerprint density at radius 3 is 2.33 bits per heavy atom. The van der Waals surface area contributed by atoms with E-state index >= 15 is 0 Å². The number of rotatable bonds is 17. The lowest BCUT2D eigenvalue weighted by atomic mass is 9.97. The fourth-order valence-electron chi connectivity index (χ4n) is 5.27. The number of nitrogens with zero attached hydrogens (tertiary/aromatic N) is 2. The molecular weight excluding hydrogens is 636 g/mol. The number of fused-ring (bicyclic) bond motifs is 1. The minimum Gasteiger partial charge on any atom is -1.00 e. The lowest BCUT2D eigenvalue weighted by Gasteiger charge is -2.32. The molecule has 1 heterocycles. The molecule has 1 amide bonds. The van der Waals surface area contributed by atoms with Crippen LogP contribution >= 0.6 is 0 Å². The third-order valence-corrected chi connectivity index (χ3v) is 7.64. The summed E-state index contributed by atoms with van der Waals surface area (Å²) in [6, 6.07) is 9.19. The standard InChI is InChI=1S/C36H50N2O6.BrH/c1-8-21-37(22-9-2)33(40)26-38(5,6)23-11-10-12-24-43-28-16-13-27(14-17-28)15-18-30(39)34-32(42-7)25-31-29(35(34)41)19-20-36(3,4)44-31;/h13-20,25H,8-12,21-24,26H2,1-7H3;1H/b18-15+;. The van der Waals surface area contributed by atoms with Crippen LogP contribution in [-0.2, 0) is 4.79 Å². The van der Waals surface area contributed by atoms with Gasteiger partial charge in [-0.2, -0.15) is 0 Å². The molecule has 0 aliphatic carbocycles. The van der Waals surface area contributed by atoms with E-state index in [1.54, 1.807) is 18.2 Å². The minimum atomic E-state index is -0.518. The number of amides is 1. The van der Waals surface area contributed by atoms with Crippen LogP contribution in [0.25, 0.3) is 12.2 Å². The van der Waals surface area contributed by atoms with Gasteiger partial charge in [-0.05, 0) is 81.9 Å². The van der Waals surface area contributed by atoms with E-state index < -0.39 is 5.60 Å². The van der Waals surface area contributed by atoms with Crippen molar-refractivity contribution in [3.8, 4) is 23.0 Å². The Morgan fingerprint density at radius 2 is 1.71 bits per heavy atom. The predicted molar refractivity (Wildman–Crippen MR) is 177 cm³/mol. The van der Waals surface area contributed by atoms with Crippen molar-refractivity contribution in [1.29, 1.82) is 0 Å². The Kier molecular flexibility index (Phi) is 14.7. The number of methoxy groups -OCH3 is 1. The van der Waals surface area contributed by atoms with Gasteiger partial charge < -0.3 is 45.7 Å². The molecule has 0 atom stereocenters. The molecule has 8 nitrogen and oxygen atoms in total. The first-order valence-electron chi connectivity index (χ1n) is 15.8. The molecule has 248 valence electrons. The van der Waals surface area contributed by atoms with E-state index in [-0.39, 0.29) is 45.7 Å². The summed E-state index contributed by atoms with van der Waals surface area (Å²) in [5, 5.41) is 10.9. The molecule has 0 radical (unpaired) electrons. The third-order valence-electron chi connectivity index (χ3n) is 7.64. The van der Waals surface area contributed by atoms with Gasteiger partial charge in [-0.15, -0.1) is 0 Å². The van der Waals surface area contributed by atoms with Gasteiger partial charge >= 0.3 is 0 Å². The van der Waals surface area contributed by atoms with Crippen LogP contribution in [0.5, 0.6) is 23.0 Å². The molecule has 0 saturated carbocycles. The van der Waals surface area contributed by atoms with E-state index in [0.717, 1.165) is 63.1 Å². The smallest absolute Gasteiger partial charge is 0.277 e. The normalized spacial score (nSPS) is 13.5. The number of phenols is 1. The van der Waals surface area contributed by atoms with Crippen molar-refractivity contribution in [3.05, 3.63) is 59.2 Å². The fourth-order valence-corrected chi connectivity index (χ4v) is 5.27. The Balaban J connectivity index is 0.00000705. The van der Waals surface area contributed by atoms with Gasteiger partial charge in [0.2, 0.25) is 0 Å². The zero-order valence-corrected chi connectivity index (χ0v) is 29.6. The maximum atomic E-state index is 13.1. The van der Waals surface area contributed by atoms with E-state index in [1.807, 2.05) is 49.1 Å². The lowest BCUT2D eigenvalue weighted by molar-refractivity contribution is -0.883. The predicted octanol–water partition coefficient (Wildman–Crippen LogP) is 3.76. The monoisotopic (exact) mass is 686 g/mol. The largest absolute Gasteiger partial charge is 1.00 e. The number of carbonyl (C=O) groups excluding carboxylic acids is 2. The van der Waals surface area contributed by atoms with E-state index in [1.165, 1.54) is 13.2 Å². The number of allylic oxidation sites excluding steroid dienone is 1. The fraction of sp³-hybridized carbons (Fsp3) is 0.500. The first kappa shape index (κ1) is 37.9. The molecule has 9 heteroatoms. The second kappa shape index (κ2) is 17.4. The zero-order valence-electron chi connectivity index (χ0n) is 28.0. The number of ketones is 1. The number of phenolic OH excluding ortho intramolecular Hbond substituents is 1. The highest BCUT2D eigenvalue weighted by Gasteiger charge is 2.28. The maximum absolute atomic E-state index is 13.1. The number of ether oxygens (including phenoxy) is 3. The number of benzene rings is 2. The summed E-state index contributed by atoms with van der Waals surface area (Å²) in [6.45, 7) is 11.8. The molecule has 0 bridgehead atoms. The number of carbonyl (C=O) groups is 2. The number of hydrogen-bond donors (Lipinski definition) is 1. The Bertz CT molecular complexity index is 1330. The first-order chi connectivity index (χ1) is 20.9. The Hall–Kier alpha value is -3.30. The van der Waals surface area contributed by atoms with E-state index in [2.05, 4.69) is 27.9 Å². The van der Waals surface area contributed by atoms with Crippen LogP contribution in [0.2, 0.25) is 0 Å². The van der Waals surface area contributed by atoms with Crippen LogP contribution in [0.1, 0.15) is 81.3 Å². The van der Waals surface area contributed by atoms with E-state index in [4.69, 9.17) is 14.2 Å². The lowest BCUT2D eigenvalue weighted by Crippen LogP contribution is -3.00. The number of hydrogen-bond acceptors (Lipinski definition) is 6. The highest BCUT2D eigenvalue weighted by atomic mass is 79.9. The minimum absolute atomic E-state index is 0.